The highest BCUT2D eigenvalue weighted by atomic mass is 79.9. The fourth-order valence-electron chi connectivity index (χ4n) is 2.13. The molecule has 0 saturated carbocycles. The maximum absolute atomic E-state index is 5.79. The van der Waals surface area contributed by atoms with Crippen LogP contribution in [-0.2, 0) is 9.47 Å². The zero-order valence-electron chi connectivity index (χ0n) is 9.56. The molecule has 1 unspecified atom stereocenters. The maximum atomic E-state index is 5.79. The van der Waals surface area contributed by atoms with Gasteiger partial charge in [0.25, 0.3) is 0 Å². The van der Waals surface area contributed by atoms with E-state index in [2.05, 4.69) is 42.8 Å². The molecule has 0 fully saturated rings. The Morgan fingerprint density at radius 2 is 2.00 bits per heavy atom. The van der Waals surface area contributed by atoms with Crippen LogP contribution in [0.3, 0.4) is 0 Å². The van der Waals surface area contributed by atoms with Crippen LogP contribution in [0.4, 0.5) is 0 Å². The van der Waals surface area contributed by atoms with Gasteiger partial charge >= 0.3 is 0 Å². The van der Waals surface area contributed by atoms with E-state index < -0.39 is 0 Å². The quantitative estimate of drug-likeness (QED) is 0.731. The first-order valence-electron chi connectivity index (χ1n) is 4.94. The van der Waals surface area contributed by atoms with E-state index in [0.717, 1.165) is 4.48 Å². The van der Waals surface area contributed by atoms with E-state index in [-0.39, 0.29) is 17.1 Å². The summed E-state index contributed by atoms with van der Waals surface area (Å²) in [6, 6.07) is 0. The van der Waals surface area contributed by atoms with Crippen molar-refractivity contribution in [2.24, 2.45) is 5.41 Å². The molecule has 0 bridgehead atoms. The van der Waals surface area contributed by atoms with Crippen LogP contribution >= 0.6 is 15.9 Å². The van der Waals surface area contributed by atoms with E-state index in [4.69, 9.17) is 9.47 Å². The average Bonchev–Trinajstić information content (AvgIpc) is 2.26. The molecule has 1 aliphatic carbocycles. The van der Waals surface area contributed by atoms with Crippen LogP contribution in [0.15, 0.2) is 10.6 Å². The molecular weight excluding hydrogens is 247 g/mol. The third-order valence-electron chi connectivity index (χ3n) is 2.91. The number of hydrogen-bond acceptors (Lipinski definition) is 2. The van der Waals surface area contributed by atoms with Gasteiger partial charge in [-0.1, -0.05) is 35.9 Å². The van der Waals surface area contributed by atoms with Crippen molar-refractivity contribution in [2.75, 3.05) is 13.7 Å². The van der Waals surface area contributed by atoms with Crippen LogP contribution in [0.1, 0.15) is 27.7 Å². The average molecular weight is 266 g/mol. The molecule has 0 spiro atoms. The van der Waals surface area contributed by atoms with Crippen molar-refractivity contribution in [3.05, 3.63) is 10.6 Å². The molecule has 0 aromatic carbocycles. The molecule has 0 saturated heterocycles. The van der Waals surface area contributed by atoms with Gasteiger partial charge in [-0.2, -0.15) is 0 Å². The Bertz CT molecular complexity index is 248. The first-order valence-corrected chi connectivity index (χ1v) is 5.73. The number of methoxy groups -OCH3 is 1. The lowest BCUT2D eigenvalue weighted by Crippen LogP contribution is -2.46. The molecule has 14 heavy (non-hydrogen) atoms. The van der Waals surface area contributed by atoms with E-state index in [9.17, 15) is 0 Å². The standard InChI is InChI=1S/C11H19BrO2/c1-6-14-9-10(2,3)7-8(12)11(9,4)13-5/h7,9H,6H2,1-5H3/t9-,11-/m0/s1/i2+1,4+1,8+1/t9-,10?,11-. The minimum atomic E-state index is -0.348. The van der Waals surface area contributed by atoms with Crippen molar-refractivity contribution in [3.8, 4) is 0 Å². The Labute approximate surface area is 94.8 Å². The number of halogens is 1. The van der Waals surface area contributed by atoms with Gasteiger partial charge in [0.05, 0.1) is 6.10 Å². The SMILES string of the molecule is CCO[C@H]1C(C)([13CH3])C=[13C](Br)[C@]1([13CH3])OC. The molecule has 3 atom stereocenters. The summed E-state index contributed by atoms with van der Waals surface area (Å²) in [6.07, 6.45) is 2.25. The van der Waals surface area contributed by atoms with Gasteiger partial charge in [0, 0.05) is 23.6 Å². The number of hydrogen-bond donors (Lipinski definition) is 0. The molecule has 2 nitrogen and oxygen atoms in total. The van der Waals surface area contributed by atoms with Crippen molar-refractivity contribution in [1.82, 2.24) is 0 Å². The maximum Gasteiger partial charge on any atom is 0.123 e. The fourth-order valence-corrected chi connectivity index (χ4v) is 3.09. The molecule has 3 heteroatoms. The van der Waals surface area contributed by atoms with Crippen molar-refractivity contribution < 1.29 is 9.47 Å². The summed E-state index contributed by atoms with van der Waals surface area (Å²) in [6.45, 7) is 9.11. The topological polar surface area (TPSA) is 18.5 Å². The summed E-state index contributed by atoms with van der Waals surface area (Å²) in [5, 5.41) is 0. The van der Waals surface area contributed by atoms with Gasteiger partial charge in [0.2, 0.25) is 0 Å². The van der Waals surface area contributed by atoms with Crippen LogP contribution in [0, 0.1) is 5.41 Å². The van der Waals surface area contributed by atoms with Crippen molar-refractivity contribution in [1.29, 1.82) is 0 Å². The van der Waals surface area contributed by atoms with E-state index in [1.54, 1.807) is 7.11 Å². The van der Waals surface area contributed by atoms with Crippen LogP contribution in [-0.4, -0.2) is 25.4 Å². The molecular formula is C11H19BrO2. The van der Waals surface area contributed by atoms with Gasteiger partial charge in [-0.3, -0.25) is 0 Å². The van der Waals surface area contributed by atoms with Crippen molar-refractivity contribution in [2.45, 2.75) is 39.4 Å². The Morgan fingerprint density at radius 1 is 1.43 bits per heavy atom. The highest BCUT2D eigenvalue weighted by molar-refractivity contribution is 9.11. The third-order valence-corrected chi connectivity index (χ3v) is 3.92. The predicted octanol–water partition coefficient (Wildman–Crippen LogP) is 3.12. The van der Waals surface area contributed by atoms with E-state index in [0.29, 0.717) is 6.61 Å². The van der Waals surface area contributed by atoms with E-state index >= 15 is 0 Å². The molecule has 0 radical (unpaired) electrons. The summed E-state index contributed by atoms with van der Waals surface area (Å²) in [7, 11) is 1.72. The number of rotatable bonds is 3. The Morgan fingerprint density at radius 3 is 2.43 bits per heavy atom. The van der Waals surface area contributed by atoms with Crippen LogP contribution < -0.4 is 0 Å². The highest BCUT2D eigenvalue weighted by Gasteiger charge is 2.51. The van der Waals surface area contributed by atoms with Crippen LogP contribution in [0.2, 0.25) is 0 Å². The lowest BCUT2D eigenvalue weighted by molar-refractivity contribution is -0.115. The summed E-state index contributed by atoms with van der Waals surface area (Å²) >= 11 is 3.56. The first-order chi connectivity index (χ1) is 6.38. The second-order valence-electron chi connectivity index (χ2n) is 4.46. The summed E-state index contributed by atoms with van der Waals surface area (Å²) in [4.78, 5) is 0. The van der Waals surface area contributed by atoms with Gasteiger partial charge in [-0.15, -0.1) is 0 Å². The van der Waals surface area contributed by atoms with E-state index in [1.165, 1.54) is 0 Å². The summed E-state index contributed by atoms with van der Waals surface area (Å²) < 4.78 is 12.4. The molecule has 1 rings (SSSR count). The van der Waals surface area contributed by atoms with Crippen LogP contribution in [0.5, 0.6) is 0 Å². The molecule has 0 aromatic rings. The summed E-state index contributed by atoms with van der Waals surface area (Å²) in [5.74, 6) is 0. The van der Waals surface area contributed by atoms with Crippen molar-refractivity contribution >= 4 is 15.9 Å². The van der Waals surface area contributed by atoms with Crippen LogP contribution in [0.25, 0.3) is 0 Å². The second-order valence-corrected chi connectivity index (χ2v) is 5.31. The normalized spacial score (nSPS) is 42.7. The number of ether oxygens (including phenoxy) is 2. The van der Waals surface area contributed by atoms with Gasteiger partial charge in [0.1, 0.15) is 5.60 Å². The Hall–Kier alpha value is 0.140. The molecule has 0 aromatic heterocycles. The zero-order valence-corrected chi connectivity index (χ0v) is 11.1. The molecule has 82 valence electrons. The van der Waals surface area contributed by atoms with E-state index in [1.807, 2.05) is 6.92 Å². The smallest absolute Gasteiger partial charge is 0.123 e. The molecule has 0 amide bonds. The molecule has 1 aliphatic rings. The fraction of sp³-hybridized carbons (Fsp3) is 0.818. The lowest BCUT2D eigenvalue weighted by atomic mass is 9.93. The Kier molecular flexibility index (Phi) is 3.45. The second kappa shape index (κ2) is 3.95. The molecule has 0 heterocycles. The molecule has 0 N–H and O–H groups in total. The zero-order chi connectivity index (χ0) is 11.0. The lowest BCUT2D eigenvalue weighted by Gasteiger charge is -2.37. The monoisotopic (exact) mass is 265 g/mol. The third kappa shape index (κ3) is 1.77. The minimum Gasteiger partial charge on any atom is -0.374 e. The molecule has 0 aliphatic heterocycles. The summed E-state index contributed by atoms with van der Waals surface area (Å²) in [5.41, 5.74) is -0.334. The largest absolute Gasteiger partial charge is 0.374 e. The van der Waals surface area contributed by atoms with Crippen molar-refractivity contribution in [3.63, 3.8) is 0 Å². The predicted molar refractivity (Wildman–Crippen MR) is 61.6 cm³/mol. The first kappa shape index (κ1) is 12.2. The Balaban J connectivity index is 3.00. The highest BCUT2D eigenvalue weighted by Crippen LogP contribution is 2.48. The van der Waals surface area contributed by atoms with Gasteiger partial charge in [0.15, 0.2) is 0 Å². The van der Waals surface area contributed by atoms with Gasteiger partial charge in [-0.05, 0) is 13.8 Å². The van der Waals surface area contributed by atoms with Gasteiger partial charge < -0.3 is 9.47 Å². The minimum absolute atomic E-state index is 0.0135. The van der Waals surface area contributed by atoms with Gasteiger partial charge in [-0.25, -0.2) is 0 Å².